The van der Waals surface area contributed by atoms with Gasteiger partial charge in [0.2, 0.25) is 0 Å². The molecule has 0 spiro atoms. The lowest BCUT2D eigenvalue weighted by atomic mass is 9.91. The molecule has 4 N–H and O–H groups in total. The van der Waals surface area contributed by atoms with Crippen molar-refractivity contribution in [3.05, 3.63) is 0 Å². The molecular weight excluding hydrogens is 136 g/mol. The fourth-order valence-electron chi connectivity index (χ4n) is 1.19. The monoisotopic (exact) mass is 149 g/mol. The van der Waals surface area contributed by atoms with E-state index in [1.54, 1.807) is 0 Å². The first-order valence-corrected chi connectivity index (χ1v) is 3.84. The topological polar surface area (TPSA) is 52.0 Å². The molecule has 2 nitrogen and oxygen atoms in total. The van der Waals surface area contributed by atoms with Crippen LogP contribution in [0, 0.1) is 11.6 Å². The van der Waals surface area contributed by atoms with Crippen LogP contribution in [0.2, 0.25) is 0 Å². The zero-order valence-corrected chi connectivity index (χ0v) is 6.23. The minimum Gasteiger partial charge on any atom is -0.326 e. The Bertz CT molecular complexity index is 97.1. The van der Waals surface area contributed by atoms with Gasteiger partial charge in [0.1, 0.15) is 11.6 Å². The fraction of sp³-hybridized carbons (Fsp3) is 1.00. The molecule has 3 unspecified atom stereocenters. The van der Waals surface area contributed by atoms with E-state index in [9.17, 15) is 0 Å². The van der Waals surface area contributed by atoms with Gasteiger partial charge in [-0.2, -0.15) is 0 Å². The molecule has 3 heteroatoms. The predicted octanol–water partition coefficient (Wildman–Crippen LogP) is -0.525. The van der Waals surface area contributed by atoms with Crippen molar-refractivity contribution in [1.82, 2.24) is 0 Å². The van der Waals surface area contributed by atoms with Gasteiger partial charge in [-0.15, -0.1) is 0 Å². The molecule has 0 aliphatic heterocycles. The Labute approximate surface area is 60.5 Å². The zero-order valence-electron chi connectivity index (χ0n) is 5.42. The molecular formula is C6H14ClN2+. The van der Waals surface area contributed by atoms with Crippen LogP contribution >= 0.6 is 0 Å². The molecule has 1 aliphatic rings. The van der Waals surface area contributed by atoms with Gasteiger partial charge in [0, 0.05) is 24.9 Å². The lowest BCUT2D eigenvalue weighted by Crippen LogP contribution is -2.46. The van der Waals surface area contributed by atoms with E-state index >= 15 is 0 Å². The first-order chi connectivity index (χ1) is 4.20. The van der Waals surface area contributed by atoms with Crippen LogP contribution in [0.25, 0.3) is 0 Å². The summed E-state index contributed by atoms with van der Waals surface area (Å²) in [4.78, 5) is 0. The Hall–Kier alpha value is 0.210. The van der Waals surface area contributed by atoms with Crippen molar-refractivity contribution in [1.29, 1.82) is 0 Å². The summed E-state index contributed by atoms with van der Waals surface area (Å²) in [5.41, 5.74) is 11.3. The van der Waals surface area contributed by atoms with Gasteiger partial charge in [-0.1, -0.05) is 0 Å². The maximum atomic E-state index is 5.68. The van der Waals surface area contributed by atoms with Gasteiger partial charge in [0.25, 0.3) is 0 Å². The van der Waals surface area contributed by atoms with Crippen LogP contribution in [-0.4, -0.2) is 17.5 Å². The second kappa shape index (κ2) is 2.86. The van der Waals surface area contributed by atoms with Crippen molar-refractivity contribution in [2.24, 2.45) is 11.5 Å². The van der Waals surface area contributed by atoms with Crippen LogP contribution in [0.5, 0.6) is 0 Å². The third kappa shape index (κ3) is 1.81. The summed E-state index contributed by atoms with van der Waals surface area (Å²) < 4.78 is 0. The Morgan fingerprint density at radius 3 is 2.22 bits per heavy atom. The lowest BCUT2D eigenvalue weighted by molar-refractivity contribution is -0.426. The SMILES string of the molecule is NC1CCC([ClH+])CC1N. The molecule has 1 fully saturated rings. The Morgan fingerprint density at radius 2 is 1.78 bits per heavy atom. The predicted molar refractivity (Wildman–Crippen MR) is 35.0 cm³/mol. The number of hydrogen-bond acceptors (Lipinski definition) is 2. The number of halogens is 1. The molecule has 1 aliphatic carbocycles. The largest absolute Gasteiger partial charge is 0.326 e. The highest BCUT2D eigenvalue weighted by molar-refractivity contribution is 4.83. The quantitative estimate of drug-likeness (QED) is 0.456. The number of hydrogen-bond donors (Lipinski definition) is 2. The first-order valence-electron chi connectivity index (χ1n) is 3.37. The average Bonchev–Trinajstić information content (AvgIpc) is 1.80. The first kappa shape index (κ1) is 7.32. The lowest BCUT2D eigenvalue weighted by Gasteiger charge is -2.24. The molecule has 54 valence electrons. The average molecular weight is 150 g/mol. The van der Waals surface area contributed by atoms with Gasteiger partial charge >= 0.3 is 0 Å². The van der Waals surface area contributed by atoms with E-state index < -0.39 is 0 Å². The summed E-state index contributed by atoms with van der Waals surface area (Å²) in [5.74, 6) is 0. The molecule has 0 amide bonds. The third-order valence-corrected chi connectivity index (χ3v) is 2.34. The van der Waals surface area contributed by atoms with Crippen LogP contribution in [-0.2, 0) is 0 Å². The van der Waals surface area contributed by atoms with Crippen LogP contribution in [0.15, 0.2) is 0 Å². The maximum absolute atomic E-state index is 5.68. The van der Waals surface area contributed by atoms with Gasteiger partial charge in [-0.3, -0.25) is 0 Å². The third-order valence-electron chi connectivity index (χ3n) is 1.91. The van der Waals surface area contributed by atoms with Gasteiger partial charge < -0.3 is 11.5 Å². The highest BCUT2D eigenvalue weighted by Gasteiger charge is 2.27. The van der Waals surface area contributed by atoms with E-state index in [0.717, 1.165) is 19.3 Å². The smallest absolute Gasteiger partial charge is 0.181 e. The second-order valence-corrected chi connectivity index (χ2v) is 3.43. The molecule has 0 saturated heterocycles. The molecule has 0 aromatic rings. The summed E-state index contributed by atoms with van der Waals surface area (Å²) in [6.45, 7) is 0. The maximum Gasteiger partial charge on any atom is 0.181 e. The summed E-state index contributed by atoms with van der Waals surface area (Å²) >= 11 is 5.08. The molecule has 0 aromatic carbocycles. The van der Waals surface area contributed by atoms with Gasteiger partial charge in [0.15, 0.2) is 5.38 Å². The molecule has 0 bridgehead atoms. The van der Waals surface area contributed by atoms with Crippen molar-refractivity contribution >= 4 is 0 Å². The summed E-state index contributed by atoms with van der Waals surface area (Å²) in [6.07, 6.45) is 3.01. The Balaban J connectivity index is 2.35. The molecule has 0 radical (unpaired) electrons. The highest BCUT2D eigenvalue weighted by Crippen LogP contribution is 2.16. The van der Waals surface area contributed by atoms with E-state index in [4.69, 9.17) is 23.1 Å². The number of alkyl halides is 1. The van der Waals surface area contributed by atoms with Crippen molar-refractivity contribution in [2.45, 2.75) is 36.7 Å². The van der Waals surface area contributed by atoms with E-state index in [-0.39, 0.29) is 12.1 Å². The molecule has 3 atom stereocenters. The minimum absolute atomic E-state index is 0.154. The molecule has 0 aromatic heterocycles. The molecule has 1 rings (SSSR count). The number of nitrogens with two attached hydrogens (primary N) is 2. The Morgan fingerprint density at radius 1 is 1.11 bits per heavy atom. The van der Waals surface area contributed by atoms with Crippen molar-refractivity contribution in [3.63, 3.8) is 0 Å². The highest BCUT2D eigenvalue weighted by atomic mass is 35.5. The molecule has 0 heterocycles. The van der Waals surface area contributed by atoms with Crippen LogP contribution in [0.1, 0.15) is 19.3 Å². The van der Waals surface area contributed by atoms with Crippen LogP contribution in [0.3, 0.4) is 0 Å². The minimum atomic E-state index is 0.154. The Kier molecular flexibility index (Phi) is 2.33. The fourth-order valence-corrected chi connectivity index (χ4v) is 1.55. The van der Waals surface area contributed by atoms with Crippen molar-refractivity contribution in [3.8, 4) is 0 Å². The molecule has 9 heavy (non-hydrogen) atoms. The van der Waals surface area contributed by atoms with E-state index in [2.05, 4.69) is 0 Å². The van der Waals surface area contributed by atoms with Gasteiger partial charge in [0.05, 0.1) is 0 Å². The number of rotatable bonds is 0. The van der Waals surface area contributed by atoms with E-state index in [1.165, 1.54) is 0 Å². The summed E-state index contributed by atoms with van der Waals surface area (Å²) in [5, 5.41) is 0.375. The van der Waals surface area contributed by atoms with E-state index in [1.807, 2.05) is 0 Å². The standard InChI is InChI=1S/C6H14ClN2/c7-4-1-2-5(8)6(9)3-4/h4-7H,1-3,8-9H2/q+1. The van der Waals surface area contributed by atoms with Crippen molar-refractivity contribution < 1.29 is 11.6 Å². The summed E-state index contributed by atoms with van der Waals surface area (Å²) in [6, 6.07) is 0.352. The van der Waals surface area contributed by atoms with Gasteiger partial charge in [-0.25, -0.2) is 0 Å². The van der Waals surface area contributed by atoms with E-state index in [0.29, 0.717) is 5.38 Å². The second-order valence-electron chi connectivity index (χ2n) is 2.76. The van der Waals surface area contributed by atoms with Crippen molar-refractivity contribution in [2.75, 3.05) is 0 Å². The zero-order chi connectivity index (χ0) is 6.85. The van der Waals surface area contributed by atoms with Crippen LogP contribution in [0.4, 0.5) is 0 Å². The van der Waals surface area contributed by atoms with Crippen LogP contribution < -0.4 is 11.5 Å². The summed E-state index contributed by atoms with van der Waals surface area (Å²) in [7, 11) is 0. The van der Waals surface area contributed by atoms with Gasteiger partial charge in [-0.05, 0) is 6.42 Å². The molecule has 1 saturated carbocycles. The normalized spacial score (nSPS) is 45.0.